The molecule has 0 saturated carbocycles. The predicted octanol–water partition coefficient (Wildman–Crippen LogP) is 4.93. The molecule has 35 heavy (non-hydrogen) atoms. The van der Waals surface area contributed by atoms with E-state index in [-0.39, 0.29) is 22.0 Å². The van der Waals surface area contributed by atoms with E-state index in [2.05, 4.69) is 15.3 Å². The summed E-state index contributed by atoms with van der Waals surface area (Å²) in [5.74, 6) is -0.161. The second-order valence-corrected chi connectivity index (χ2v) is 8.15. The maximum absolute atomic E-state index is 12.7. The van der Waals surface area contributed by atoms with E-state index in [1.165, 1.54) is 7.11 Å². The number of benzene rings is 2. The van der Waals surface area contributed by atoms with Crippen molar-refractivity contribution in [1.82, 2.24) is 15.3 Å². The highest BCUT2D eigenvalue weighted by Gasteiger charge is 2.23. The molecule has 0 aliphatic carbocycles. The van der Waals surface area contributed by atoms with Gasteiger partial charge in [-0.2, -0.15) is 4.98 Å². The first kappa shape index (κ1) is 26.0. The molecule has 1 atom stereocenters. The minimum absolute atomic E-state index is 0.105. The van der Waals surface area contributed by atoms with Crippen molar-refractivity contribution in [2.45, 2.75) is 12.5 Å². The van der Waals surface area contributed by atoms with Crippen LogP contribution in [-0.2, 0) is 9.53 Å². The molecule has 3 rings (SSSR count). The van der Waals surface area contributed by atoms with E-state index in [0.29, 0.717) is 11.8 Å². The molecule has 8 nitrogen and oxygen atoms in total. The van der Waals surface area contributed by atoms with Crippen LogP contribution < -0.4 is 15.0 Å². The lowest BCUT2D eigenvalue weighted by atomic mass is 10.1. The monoisotopic (exact) mass is 514 g/mol. The molecule has 1 amide bonds. The first-order valence-electron chi connectivity index (χ1n) is 10.5. The number of nitrogens with zero attached hydrogens (tertiary/aromatic N) is 3. The summed E-state index contributed by atoms with van der Waals surface area (Å²) in [6.45, 7) is 0. The number of anilines is 2. The van der Waals surface area contributed by atoms with Crippen LogP contribution in [0.3, 0.4) is 0 Å². The Kier molecular flexibility index (Phi) is 9.05. The van der Waals surface area contributed by atoms with Crippen LogP contribution in [0.15, 0.2) is 60.8 Å². The number of methoxy groups -OCH3 is 2. The van der Waals surface area contributed by atoms with Crippen LogP contribution in [0.4, 0.5) is 11.6 Å². The third-order valence-electron chi connectivity index (χ3n) is 5.07. The van der Waals surface area contributed by atoms with Crippen LogP contribution in [-0.4, -0.2) is 49.2 Å². The molecule has 182 valence electrons. The molecule has 0 radical (unpaired) electrons. The minimum atomic E-state index is -0.910. The normalized spacial score (nSPS) is 11.7. The predicted molar refractivity (Wildman–Crippen MR) is 136 cm³/mol. The summed E-state index contributed by atoms with van der Waals surface area (Å²) in [4.78, 5) is 35.3. The summed E-state index contributed by atoms with van der Waals surface area (Å²) in [7, 11) is 4.67. The van der Waals surface area contributed by atoms with Gasteiger partial charge in [0.2, 0.25) is 11.8 Å². The van der Waals surface area contributed by atoms with E-state index in [4.69, 9.17) is 32.7 Å². The SMILES string of the molecule is COC(=O)C(C/C=C/c1ccc(N(C)c2nccc(OC)n2)cc1)NC(=O)c1c(Cl)cccc1Cl. The highest BCUT2D eigenvalue weighted by Crippen LogP contribution is 2.25. The van der Waals surface area contributed by atoms with Crippen molar-refractivity contribution in [3.63, 3.8) is 0 Å². The van der Waals surface area contributed by atoms with Crippen LogP contribution in [0.5, 0.6) is 5.88 Å². The zero-order chi connectivity index (χ0) is 25.4. The average Bonchev–Trinajstić information content (AvgIpc) is 2.87. The van der Waals surface area contributed by atoms with Gasteiger partial charge in [-0.3, -0.25) is 4.79 Å². The van der Waals surface area contributed by atoms with Crippen LogP contribution in [0.2, 0.25) is 10.0 Å². The summed E-state index contributed by atoms with van der Waals surface area (Å²) < 4.78 is 9.98. The number of aromatic nitrogens is 2. The number of nitrogens with one attached hydrogen (secondary N) is 1. The highest BCUT2D eigenvalue weighted by molar-refractivity contribution is 6.39. The Balaban J connectivity index is 1.67. The fourth-order valence-corrected chi connectivity index (χ4v) is 3.74. The number of hydrogen-bond donors (Lipinski definition) is 1. The van der Waals surface area contributed by atoms with Gasteiger partial charge in [-0.1, -0.05) is 53.6 Å². The Morgan fingerprint density at radius 3 is 2.40 bits per heavy atom. The molecule has 1 unspecified atom stereocenters. The Morgan fingerprint density at radius 2 is 1.77 bits per heavy atom. The van der Waals surface area contributed by atoms with Crippen molar-refractivity contribution in [2.75, 3.05) is 26.2 Å². The van der Waals surface area contributed by atoms with Gasteiger partial charge in [0.05, 0.1) is 29.8 Å². The van der Waals surface area contributed by atoms with Gasteiger partial charge in [-0.25, -0.2) is 9.78 Å². The van der Waals surface area contributed by atoms with E-state index in [9.17, 15) is 9.59 Å². The molecule has 1 N–H and O–H groups in total. The lowest BCUT2D eigenvalue weighted by Gasteiger charge is -2.17. The lowest BCUT2D eigenvalue weighted by molar-refractivity contribution is -0.142. The van der Waals surface area contributed by atoms with Crippen molar-refractivity contribution in [1.29, 1.82) is 0 Å². The van der Waals surface area contributed by atoms with Crippen molar-refractivity contribution in [3.05, 3.63) is 82.0 Å². The number of esters is 1. The van der Waals surface area contributed by atoms with Gasteiger partial charge in [0.25, 0.3) is 5.91 Å². The Morgan fingerprint density at radius 1 is 1.09 bits per heavy atom. The summed E-state index contributed by atoms with van der Waals surface area (Å²) >= 11 is 12.2. The summed E-state index contributed by atoms with van der Waals surface area (Å²) in [5, 5.41) is 3.03. The molecular weight excluding hydrogens is 491 g/mol. The van der Waals surface area contributed by atoms with Crippen LogP contribution in [0, 0.1) is 0 Å². The number of amides is 1. The number of carbonyl (C=O) groups is 2. The molecule has 3 aromatic rings. The van der Waals surface area contributed by atoms with Gasteiger partial charge >= 0.3 is 5.97 Å². The third kappa shape index (κ3) is 6.71. The first-order chi connectivity index (χ1) is 16.8. The average molecular weight is 515 g/mol. The Bertz CT molecular complexity index is 1200. The topological polar surface area (TPSA) is 93.7 Å². The molecule has 1 aromatic heterocycles. The van der Waals surface area contributed by atoms with Gasteiger partial charge in [0.15, 0.2) is 0 Å². The van der Waals surface area contributed by atoms with Gasteiger partial charge in [-0.05, 0) is 36.2 Å². The van der Waals surface area contributed by atoms with Gasteiger partial charge in [-0.15, -0.1) is 0 Å². The number of ether oxygens (including phenoxy) is 2. The summed E-state index contributed by atoms with van der Waals surface area (Å²) in [6.07, 6.45) is 5.46. The number of carbonyl (C=O) groups excluding carboxylic acids is 2. The fraction of sp³-hybridized carbons (Fsp3) is 0.200. The molecule has 0 saturated heterocycles. The molecule has 0 aliphatic rings. The maximum atomic E-state index is 12.7. The van der Waals surface area contributed by atoms with Crippen molar-refractivity contribution in [3.8, 4) is 5.88 Å². The number of hydrogen-bond acceptors (Lipinski definition) is 7. The largest absolute Gasteiger partial charge is 0.481 e. The second kappa shape index (κ2) is 12.2. The van der Waals surface area contributed by atoms with E-state index in [1.807, 2.05) is 42.3 Å². The van der Waals surface area contributed by atoms with E-state index >= 15 is 0 Å². The molecular formula is C25H24Cl2N4O4. The molecule has 2 aromatic carbocycles. The summed E-state index contributed by atoms with van der Waals surface area (Å²) in [6, 6.07) is 13.2. The minimum Gasteiger partial charge on any atom is -0.481 e. The van der Waals surface area contributed by atoms with E-state index < -0.39 is 17.9 Å². The van der Waals surface area contributed by atoms with Crippen molar-refractivity contribution >= 4 is 52.8 Å². The van der Waals surface area contributed by atoms with Gasteiger partial charge in [0.1, 0.15) is 6.04 Å². The standard InChI is InChI=1S/C25H24Cl2N4O4/c1-31(25-28-15-14-21(30-25)34-2)17-12-10-16(11-13-17)6-4-9-20(24(33)35-3)29-23(32)22-18(26)7-5-8-19(22)27/h4-8,10-15,20H,9H2,1-3H3,(H,29,32)/b6-4+. The van der Waals surface area contributed by atoms with Crippen molar-refractivity contribution < 1.29 is 19.1 Å². The van der Waals surface area contributed by atoms with Crippen LogP contribution in [0.1, 0.15) is 22.3 Å². The molecule has 0 spiro atoms. The molecule has 0 aliphatic heterocycles. The van der Waals surface area contributed by atoms with E-state index in [1.54, 1.807) is 43.6 Å². The van der Waals surface area contributed by atoms with Crippen LogP contribution >= 0.6 is 23.2 Å². The molecule has 0 bridgehead atoms. The quantitative estimate of drug-likeness (QED) is 0.404. The first-order valence-corrected chi connectivity index (χ1v) is 11.3. The smallest absolute Gasteiger partial charge is 0.328 e. The Labute approximate surface area is 213 Å². The molecule has 1 heterocycles. The van der Waals surface area contributed by atoms with E-state index in [0.717, 1.165) is 11.3 Å². The Hall–Kier alpha value is -3.62. The molecule has 0 fully saturated rings. The van der Waals surface area contributed by atoms with Crippen molar-refractivity contribution in [2.24, 2.45) is 0 Å². The fourth-order valence-electron chi connectivity index (χ4n) is 3.17. The van der Waals surface area contributed by atoms with Gasteiger partial charge < -0.3 is 19.7 Å². The van der Waals surface area contributed by atoms with Gasteiger partial charge in [0, 0.05) is 25.0 Å². The number of rotatable bonds is 9. The van der Waals surface area contributed by atoms with Crippen LogP contribution in [0.25, 0.3) is 6.08 Å². The molecule has 10 heteroatoms. The second-order valence-electron chi connectivity index (χ2n) is 7.33. The lowest BCUT2D eigenvalue weighted by Crippen LogP contribution is -2.41. The third-order valence-corrected chi connectivity index (χ3v) is 5.70. The number of halogens is 2. The zero-order valence-electron chi connectivity index (χ0n) is 19.4. The maximum Gasteiger partial charge on any atom is 0.328 e. The zero-order valence-corrected chi connectivity index (χ0v) is 20.9. The highest BCUT2D eigenvalue weighted by atomic mass is 35.5. The summed E-state index contributed by atoms with van der Waals surface area (Å²) in [5.41, 5.74) is 1.89.